The van der Waals surface area contributed by atoms with Crippen molar-refractivity contribution in [3.63, 3.8) is 0 Å². The van der Waals surface area contributed by atoms with E-state index in [4.69, 9.17) is 11.6 Å². The molecule has 8 heteroatoms. The van der Waals surface area contributed by atoms with Crippen molar-refractivity contribution >= 4 is 60.8 Å². The number of anilines is 1. The molecule has 0 saturated carbocycles. The van der Waals surface area contributed by atoms with E-state index < -0.39 is 0 Å². The molecule has 1 amide bonds. The standard InChI is InChI=1S/C18H12BrClN4OS/c1-10-9-15(21-17(25)11-5-2-3-6-12(11)19)24(23-10)18-22-16-13(20)7-4-8-14(16)26-18/h2-9H,1H3,(H,21,25). The number of rotatable bonds is 3. The van der Waals surface area contributed by atoms with Gasteiger partial charge >= 0.3 is 0 Å². The molecule has 0 aliphatic rings. The maximum Gasteiger partial charge on any atom is 0.257 e. The van der Waals surface area contributed by atoms with Crippen molar-refractivity contribution in [3.8, 4) is 5.13 Å². The summed E-state index contributed by atoms with van der Waals surface area (Å²) in [6.07, 6.45) is 0. The summed E-state index contributed by atoms with van der Waals surface area (Å²) in [4.78, 5) is 17.2. The average molecular weight is 448 g/mol. The van der Waals surface area contributed by atoms with Gasteiger partial charge in [0.05, 0.1) is 21.0 Å². The minimum Gasteiger partial charge on any atom is -0.306 e. The third-order valence-corrected chi connectivity index (χ3v) is 5.72. The lowest BCUT2D eigenvalue weighted by Gasteiger charge is -2.07. The van der Waals surface area contributed by atoms with Crippen molar-refractivity contribution in [1.82, 2.24) is 14.8 Å². The second-order valence-corrected chi connectivity index (χ2v) is 7.87. The molecular formula is C18H12BrClN4OS. The van der Waals surface area contributed by atoms with Gasteiger partial charge in [-0.15, -0.1) is 0 Å². The Kier molecular flexibility index (Phi) is 4.52. The fourth-order valence-electron chi connectivity index (χ4n) is 2.56. The zero-order chi connectivity index (χ0) is 18.3. The van der Waals surface area contributed by atoms with Gasteiger partial charge in [0, 0.05) is 10.5 Å². The first kappa shape index (κ1) is 17.2. The number of benzene rings is 2. The number of aromatic nitrogens is 3. The number of hydrogen-bond acceptors (Lipinski definition) is 4. The van der Waals surface area contributed by atoms with Crippen LogP contribution in [0.25, 0.3) is 15.3 Å². The Morgan fingerprint density at radius 1 is 1.23 bits per heavy atom. The van der Waals surface area contributed by atoms with Crippen molar-refractivity contribution in [1.29, 1.82) is 0 Å². The molecule has 0 saturated heterocycles. The molecule has 26 heavy (non-hydrogen) atoms. The minimum absolute atomic E-state index is 0.224. The van der Waals surface area contributed by atoms with Gasteiger partial charge < -0.3 is 5.32 Å². The molecule has 130 valence electrons. The van der Waals surface area contributed by atoms with Crippen LogP contribution in [0.4, 0.5) is 5.82 Å². The van der Waals surface area contributed by atoms with Gasteiger partial charge in [-0.2, -0.15) is 9.78 Å². The monoisotopic (exact) mass is 446 g/mol. The largest absolute Gasteiger partial charge is 0.306 e. The lowest BCUT2D eigenvalue weighted by Crippen LogP contribution is -2.15. The molecule has 0 bridgehead atoms. The van der Waals surface area contributed by atoms with E-state index in [0.717, 1.165) is 20.4 Å². The Balaban J connectivity index is 1.74. The Morgan fingerprint density at radius 3 is 2.81 bits per heavy atom. The SMILES string of the molecule is Cc1cc(NC(=O)c2ccccc2Br)n(-c2nc3c(Cl)cccc3s2)n1. The molecule has 0 spiro atoms. The fourth-order valence-corrected chi connectivity index (χ4v) is 4.25. The first-order valence-corrected chi connectivity index (χ1v) is 9.69. The summed E-state index contributed by atoms with van der Waals surface area (Å²) in [7, 11) is 0. The number of halogens is 2. The van der Waals surface area contributed by atoms with Crippen LogP contribution in [0, 0.1) is 6.92 Å². The van der Waals surface area contributed by atoms with Gasteiger partial charge in [0.2, 0.25) is 5.13 Å². The van der Waals surface area contributed by atoms with E-state index in [0.29, 0.717) is 21.5 Å². The highest BCUT2D eigenvalue weighted by atomic mass is 79.9. The first-order chi connectivity index (χ1) is 12.5. The second kappa shape index (κ2) is 6.83. The summed E-state index contributed by atoms with van der Waals surface area (Å²) in [6.45, 7) is 1.87. The van der Waals surface area contributed by atoms with E-state index in [-0.39, 0.29) is 5.91 Å². The molecule has 0 radical (unpaired) electrons. The van der Waals surface area contributed by atoms with Crippen molar-refractivity contribution in [2.24, 2.45) is 0 Å². The van der Waals surface area contributed by atoms with E-state index in [1.165, 1.54) is 11.3 Å². The predicted molar refractivity (Wildman–Crippen MR) is 109 cm³/mol. The normalized spacial score (nSPS) is 11.0. The molecule has 0 unspecified atom stereocenters. The van der Waals surface area contributed by atoms with Crippen LogP contribution in [0.5, 0.6) is 0 Å². The third-order valence-electron chi connectivity index (χ3n) is 3.73. The molecule has 1 N–H and O–H groups in total. The smallest absolute Gasteiger partial charge is 0.257 e. The highest BCUT2D eigenvalue weighted by molar-refractivity contribution is 9.10. The van der Waals surface area contributed by atoms with Crippen LogP contribution in [-0.2, 0) is 0 Å². The molecular weight excluding hydrogens is 436 g/mol. The number of nitrogens with zero attached hydrogens (tertiary/aromatic N) is 3. The third kappa shape index (κ3) is 3.13. The summed E-state index contributed by atoms with van der Waals surface area (Å²) >= 11 is 11.1. The van der Waals surface area contributed by atoms with Gasteiger partial charge in [0.25, 0.3) is 5.91 Å². The molecule has 0 atom stereocenters. The predicted octanol–water partition coefficient (Wildman–Crippen LogP) is 5.46. The molecule has 4 aromatic rings. The van der Waals surface area contributed by atoms with Gasteiger partial charge in [-0.25, -0.2) is 4.98 Å². The fraction of sp³-hybridized carbons (Fsp3) is 0.0556. The number of para-hydroxylation sites is 1. The van der Waals surface area contributed by atoms with Crippen molar-refractivity contribution < 1.29 is 4.79 Å². The van der Waals surface area contributed by atoms with Gasteiger partial charge in [-0.3, -0.25) is 4.79 Å². The molecule has 0 fully saturated rings. The van der Waals surface area contributed by atoms with Crippen LogP contribution in [0.1, 0.15) is 16.1 Å². The Bertz CT molecular complexity index is 1140. The van der Waals surface area contributed by atoms with Gasteiger partial charge in [-0.05, 0) is 47.1 Å². The zero-order valence-electron chi connectivity index (χ0n) is 13.5. The molecule has 0 aliphatic heterocycles. The van der Waals surface area contributed by atoms with Crippen LogP contribution in [-0.4, -0.2) is 20.7 Å². The van der Waals surface area contributed by atoms with Crippen LogP contribution < -0.4 is 5.32 Å². The van der Waals surface area contributed by atoms with Gasteiger partial charge in [0.15, 0.2) is 0 Å². The van der Waals surface area contributed by atoms with Crippen LogP contribution >= 0.6 is 38.9 Å². The Labute approximate surface area is 166 Å². The second-order valence-electron chi connectivity index (χ2n) is 5.60. The van der Waals surface area contributed by atoms with E-state index >= 15 is 0 Å². The maximum atomic E-state index is 12.6. The van der Waals surface area contributed by atoms with Crippen LogP contribution in [0.3, 0.4) is 0 Å². The van der Waals surface area contributed by atoms with Gasteiger partial charge in [-0.1, -0.05) is 41.1 Å². The molecule has 0 aliphatic carbocycles. The van der Waals surface area contributed by atoms with E-state index in [2.05, 4.69) is 31.3 Å². The molecule has 2 aromatic heterocycles. The number of amides is 1. The Hall–Kier alpha value is -2.22. The summed E-state index contributed by atoms with van der Waals surface area (Å²) in [5.74, 6) is 0.330. The molecule has 2 heterocycles. The molecule has 4 rings (SSSR count). The van der Waals surface area contributed by atoms with E-state index in [9.17, 15) is 4.79 Å². The van der Waals surface area contributed by atoms with Gasteiger partial charge in [0.1, 0.15) is 11.3 Å². The number of fused-ring (bicyclic) bond motifs is 1. The Morgan fingerprint density at radius 2 is 2.04 bits per heavy atom. The number of aryl methyl sites for hydroxylation is 1. The lowest BCUT2D eigenvalue weighted by molar-refractivity contribution is 0.102. The van der Waals surface area contributed by atoms with Crippen LogP contribution in [0.15, 0.2) is 53.0 Å². The molecule has 5 nitrogen and oxygen atoms in total. The summed E-state index contributed by atoms with van der Waals surface area (Å²) in [6, 6.07) is 14.7. The summed E-state index contributed by atoms with van der Waals surface area (Å²) < 4.78 is 3.32. The van der Waals surface area contributed by atoms with Crippen molar-refractivity contribution in [2.45, 2.75) is 6.92 Å². The number of carbonyl (C=O) groups is 1. The number of carbonyl (C=O) groups excluding carboxylic acids is 1. The lowest BCUT2D eigenvalue weighted by atomic mass is 10.2. The average Bonchev–Trinajstić information content (AvgIpc) is 3.19. The summed E-state index contributed by atoms with van der Waals surface area (Å²) in [5.41, 5.74) is 2.05. The highest BCUT2D eigenvalue weighted by Gasteiger charge is 2.17. The zero-order valence-corrected chi connectivity index (χ0v) is 16.7. The number of nitrogens with one attached hydrogen (secondary N) is 1. The minimum atomic E-state index is -0.224. The molecule has 2 aromatic carbocycles. The summed E-state index contributed by atoms with van der Waals surface area (Å²) in [5, 5.41) is 8.61. The quantitative estimate of drug-likeness (QED) is 0.454. The first-order valence-electron chi connectivity index (χ1n) is 7.71. The van der Waals surface area contributed by atoms with E-state index in [1.807, 2.05) is 43.3 Å². The topological polar surface area (TPSA) is 59.8 Å². The van der Waals surface area contributed by atoms with Crippen molar-refractivity contribution in [2.75, 3.05) is 5.32 Å². The number of hydrogen-bond donors (Lipinski definition) is 1. The number of thiazole rings is 1. The highest BCUT2D eigenvalue weighted by Crippen LogP contribution is 2.31. The van der Waals surface area contributed by atoms with Crippen LogP contribution in [0.2, 0.25) is 5.02 Å². The van der Waals surface area contributed by atoms with Crippen molar-refractivity contribution in [3.05, 3.63) is 69.3 Å². The van der Waals surface area contributed by atoms with E-state index in [1.54, 1.807) is 16.8 Å². The maximum absolute atomic E-state index is 12.6.